The average molecular weight is 284 g/mol. The minimum Gasteiger partial charge on any atom is -0.480 e. The average Bonchev–Trinajstić information content (AvgIpc) is 2.84. The van der Waals surface area contributed by atoms with Crippen molar-refractivity contribution < 1.29 is 19.4 Å². The molecule has 2 aliphatic rings. The van der Waals surface area contributed by atoms with Crippen LogP contribution in [0, 0.1) is 11.3 Å². The molecule has 6 heteroatoms. The molecule has 0 aromatic heterocycles. The number of piperidine rings is 1. The predicted octanol–water partition coefficient (Wildman–Crippen LogP) is 0.323. The van der Waals surface area contributed by atoms with Crippen molar-refractivity contribution in [3.63, 3.8) is 0 Å². The lowest BCUT2D eigenvalue weighted by atomic mass is 9.76. The number of amides is 1. The van der Waals surface area contributed by atoms with Crippen LogP contribution in [0.1, 0.15) is 26.7 Å². The summed E-state index contributed by atoms with van der Waals surface area (Å²) in [6.07, 6.45) is 1.67. The van der Waals surface area contributed by atoms with Crippen molar-refractivity contribution in [3.8, 4) is 0 Å². The second kappa shape index (κ2) is 5.69. The van der Waals surface area contributed by atoms with E-state index in [0.717, 1.165) is 12.8 Å². The van der Waals surface area contributed by atoms with Gasteiger partial charge in [0.05, 0.1) is 19.1 Å². The number of carbonyl (C=O) groups excluding carboxylic acids is 1. The van der Waals surface area contributed by atoms with Crippen LogP contribution in [-0.2, 0) is 14.3 Å². The lowest BCUT2D eigenvalue weighted by Crippen LogP contribution is -2.59. The Labute approximate surface area is 119 Å². The summed E-state index contributed by atoms with van der Waals surface area (Å²) in [4.78, 5) is 25.9. The van der Waals surface area contributed by atoms with Crippen molar-refractivity contribution in [2.24, 2.45) is 11.3 Å². The van der Waals surface area contributed by atoms with Crippen molar-refractivity contribution in [2.75, 3.05) is 26.8 Å². The molecule has 2 fully saturated rings. The van der Waals surface area contributed by atoms with E-state index >= 15 is 0 Å². The number of carbonyl (C=O) groups is 2. The van der Waals surface area contributed by atoms with E-state index in [2.05, 4.69) is 5.32 Å². The highest BCUT2D eigenvalue weighted by Gasteiger charge is 2.47. The topological polar surface area (TPSA) is 78.9 Å². The number of ether oxygens (including phenoxy) is 1. The quantitative estimate of drug-likeness (QED) is 0.780. The molecule has 2 N–H and O–H groups in total. The van der Waals surface area contributed by atoms with Gasteiger partial charge in [0.15, 0.2) is 0 Å². The van der Waals surface area contributed by atoms with E-state index < -0.39 is 17.4 Å². The van der Waals surface area contributed by atoms with E-state index in [9.17, 15) is 14.7 Å². The fourth-order valence-electron chi connectivity index (χ4n) is 3.39. The fraction of sp³-hybridized carbons (Fsp3) is 0.857. The molecule has 0 radical (unpaired) electrons. The summed E-state index contributed by atoms with van der Waals surface area (Å²) in [5, 5.41) is 12.6. The molecule has 6 nitrogen and oxygen atoms in total. The summed E-state index contributed by atoms with van der Waals surface area (Å²) >= 11 is 0. The normalized spacial score (nSPS) is 33.1. The van der Waals surface area contributed by atoms with E-state index in [4.69, 9.17) is 4.74 Å². The first kappa shape index (κ1) is 15.3. The monoisotopic (exact) mass is 284 g/mol. The SMILES string of the molecule is CNC1COCC1C(=O)N1CCCC(C)(C)C1C(=O)O. The van der Waals surface area contributed by atoms with Crippen molar-refractivity contribution in [2.45, 2.75) is 38.8 Å². The van der Waals surface area contributed by atoms with E-state index in [1.807, 2.05) is 13.8 Å². The first-order valence-electron chi connectivity index (χ1n) is 7.17. The number of hydrogen-bond donors (Lipinski definition) is 2. The molecule has 0 bridgehead atoms. The van der Waals surface area contributed by atoms with Crippen molar-refractivity contribution in [1.82, 2.24) is 10.2 Å². The predicted molar refractivity (Wildman–Crippen MR) is 73.3 cm³/mol. The van der Waals surface area contributed by atoms with Gasteiger partial charge in [-0.3, -0.25) is 4.79 Å². The van der Waals surface area contributed by atoms with Crippen LogP contribution in [0.15, 0.2) is 0 Å². The Bertz CT molecular complexity index is 397. The summed E-state index contributed by atoms with van der Waals surface area (Å²) in [6.45, 7) is 5.24. The van der Waals surface area contributed by atoms with Gasteiger partial charge >= 0.3 is 5.97 Å². The summed E-state index contributed by atoms with van der Waals surface area (Å²) in [5.74, 6) is -1.29. The number of likely N-dealkylation sites (tertiary alicyclic amines) is 1. The molecule has 0 aromatic rings. The van der Waals surface area contributed by atoms with Crippen LogP contribution in [-0.4, -0.2) is 60.8 Å². The lowest BCUT2D eigenvalue weighted by molar-refractivity contribution is -0.161. The van der Waals surface area contributed by atoms with E-state index in [0.29, 0.717) is 19.8 Å². The second-order valence-corrected chi connectivity index (χ2v) is 6.40. The zero-order valence-corrected chi connectivity index (χ0v) is 12.4. The number of nitrogens with zero attached hydrogens (tertiary/aromatic N) is 1. The van der Waals surface area contributed by atoms with Gasteiger partial charge < -0.3 is 20.1 Å². The fourth-order valence-corrected chi connectivity index (χ4v) is 3.39. The molecule has 114 valence electrons. The molecule has 0 aromatic carbocycles. The maximum atomic E-state index is 12.7. The maximum Gasteiger partial charge on any atom is 0.326 e. The van der Waals surface area contributed by atoms with Gasteiger partial charge in [-0.25, -0.2) is 4.79 Å². The van der Waals surface area contributed by atoms with Crippen molar-refractivity contribution in [1.29, 1.82) is 0 Å². The molecule has 0 spiro atoms. The number of hydrogen-bond acceptors (Lipinski definition) is 4. The van der Waals surface area contributed by atoms with Gasteiger partial charge in [0.25, 0.3) is 0 Å². The molecule has 2 saturated heterocycles. The number of nitrogens with one attached hydrogen (secondary N) is 1. The zero-order chi connectivity index (χ0) is 14.9. The molecular formula is C14H24N2O4. The summed E-state index contributed by atoms with van der Waals surface area (Å²) in [5.41, 5.74) is -0.394. The molecule has 0 saturated carbocycles. The van der Waals surface area contributed by atoms with Crippen molar-refractivity contribution >= 4 is 11.9 Å². The Kier molecular flexibility index (Phi) is 4.34. The smallest absolute Gasteiger partial charge is 0.326 e. The maximum absolute atomic E-state index is 12.7. The van der Waals surface area contributed by atoms with Gasteiger partial charge in [-0.2, -0.15) is 0 Å². The Morgan fingerprint density at radius 1 is 1.35 bits per heavy atom. The van der Waals surface area contributed by atoms with Gasteiger partial charge in [-0.15, -0.1) is 0 Å². The third kappa shape index (κ3) is 2.67. The van der Waals surface area contributed by atoms with Gasteiger partial charge in [0.2, 0.25) is 5.91 Å². The number of carboxylic acids is 1. The Morgan fingerprint density at radius 3 is 2.65 bits per heavy atom. The molecule has 2 aliphatic heterocycles. The van der Waals surface area contributed by atoms with Crippen LogP contribution >= 0.6 is 0 Å². The van der Waals surface area contributed by atoms with Crippen molar-refractivity contribution in [3.05, 3.63) is 0 Å². The standard InChI is InChI=1S/C14H24N2O4/c1-14(2)5-4-6-16(11(14)13(18)19)12(17)9-7-20-8-10(9)15-3/h9-11,15H,4-8H2,1-3H3,(H,18,19). The summed E-state index contributed by atoms with van der Waals surface area (Å²) in [6, 6.07) is -0.774. The third-order valence-electron chi connectivity index (χ3n) is 4.56. The van der Waals surface area contributed by atoms with E-state index in [1.165, 1.54) is 0 Å². The molecular weight excluding hydrogens is 260 g/mol. The Balaban J connectivity index is 2.20. The van der Waals surface area contributed by atoms with Crippen LogP contribution in [0.25, 0.3) is 0 Å². The number of aliphatic carboxylic acids is 1. The van der Waals surface area contributed by atoms with Gasteiger partial charge in [-0.05, 0) is 25.3 Å². The number of carboxylic acid groups (broad SMARTS) is 1. The van der Waals surface area contributed by atoms with Gasteiger partial charge in [-0.1, -0.05) is 13.8 Å². The second-order valence-electron chi connectivity index (χ2n) is 6.40. The van der Waals surface area contributed by atoms with Gasteiger partial charge in [0.1, 0.15) is 6.04 Å². The molecule has 3 atom stereocenters. The van der Waals surface area contributed by atoms with Gasteiger partial charge in [0, 0.05) is 12.6 Å². The Hall–Kier alpha value is -1.14. The number of likely N-dealkylation sites (N-methyl/N-ethyl adjacent to an activating group) is 1. The molecule has 2 rings (SSSR count). The van der Waals surface area contributed by atoms with E-state index in [-0.39, 0.29) is 17.9 Å². The zero-order valence-electron chi connectivity index (χ0n) is 12.4. The largest absolute Gasteiger partial charge is 0.480 e. The highest BCUT2D eigenvalue weighted by Crippen LogP contribution is 2.36. The summed E-state index contributed by atoms with van der Waals surface area (Å²) in [7, 11) is 1.80. The van der Waals surface area contributed by atoms with Crippen LogP contribution in [0.2, 0.25) is 0 Å². The molecule has 2 heterocycles. The third-order valence-corrected chi connectivity index (χ3v) is 4.56. The van der Waals surface area contributed by atoms with E-state index in [1.54, 1.807) is 11.9 Å². The lowest BCUT2D eigenvalue weighted by Gasteiger charge is -2.45. The van der Waals surface area contributed by atoms with Crippen LogP contribution in [0.5, 0.6) is 0 Å². The minimum atomic E-state index is -0.914. The van der Waals surface area contributed by atoms with Crippen LogP contribution < -0.4 is 5.32 Å². The molecule has 0 aliphatic carbocycles. The number of rotatable bonds is 3. The Morgan fingerprint density at radius 2 is 2.05 bits per heavy atom. The van der Waals surface area contributed by atoms with Crippen LogP contribution in [0.4, 0.5) is 0 Å². The highest BCUT2D eigenvalue weighted by molar-refractivity contribution is 5.86. The highest BCUT2D eigenvalue weighted by atomic mass is 16.5. The first-order valence-corrected chi connectivity index (χ1v) is 7.17. The molecule has 3 unspecified atom stereocenters. The molecule has 20 heavy (non-hydrogen) atoms. The molecule has 1 amide bonds. The first-order chi connectivity index (χ1) is 9.38. The summed E-state index contributed by atoms with van der Waals surface area (Å²) < 4.78 is 5.36. The van der Waals surface area contributed by atoms with Crippen LogP contribution in [0.3, 0.4) is 0 Å². The minimum absolute atomic E-state index is 0.0259.